The molecule has 0 bridgehead atoms. The van der Waals surface area contributed by atoms with Crippen molar-refractivity contribution in [3.63, 3.8) is 0 Å². The zero-order valence-electron chi connectivity index (χ0n) is 10.4. The van der Waals surface area contributed by atoms with Crippen LogP contribution in [-0.4, -0.2) is 22.2 Å². The van der Waals surface area contributed by atoms with Crippen LogP contribution in [0.1, 0.15) is 20.3 Å². The van der Waals surface area contributed by atoms with E-state index in [-0.39, 0.29) is 17.0 Å². The first-order valence-electron chi connectivity index (χ1n) is 5.69. The third-order valence-corrected chi connectivity index (χ3v) is 2.58. The van der Waals surface area contributed by atoms with Gasteiger partial charge in [0.15, 0.2) is 0 Å². The van der Waals surface area contributed by atoms with Crippen LogP contribution in [0.15, 0.2) is 11.0 Å². The summed E-state index contributed by atoms with van der Waals surface area (Å²) in [5.41, 5.74) is 5.09. The largest absolute Gasteiger partial charge is 0.382 e. The number of rotatable bonds is 6. The number of halogens is 1. The fourth-order valence-electron chi connectivity index (χ4n) is 1.38. The molecule has 0 aliphatic carbocycles. The average Bonchev–Trinajstić information content (AvgIpc) is 2.27. The Hall–Kier alpha value is -1.56. The van der Waals surface area contributed by atoms with Crippen molar-refractivity contribution >= 4 is 23.2 Å². The van der Waals surface area contributed by atoms with E-state index in [0.717, 1.165) is 0 Å². The lowest BCUT2D eigenvalue weighted by atomic mass is 10.2. The number of nitrogens with zero attached hydrogens (tertiary/aromatic N) is 2. The van der Waals surface area contributed by atoms with E-state index in [4.69, 9.17) is 17.3 Å². The molecule has 1 heterocycles. The minimum atomic E-state index is -0.417. The Bertz CT molecular complexity index is 484. The fourth-order valence-corrected chi connectivity index (χ4v) is 1.60. The fraction of sp³-hybridized carbons (Fsp3) is 0.545. The van der Waals surface area contributed by atoms with Crippen LogP contribution in [0.25, 0.3) is 0 Å². The van der Waals surface area contributed by atoms with Crippen LogP contribution in [0.3, 0.4) is 0 Å². The van der Waals surface area contributed by atoms with Gasteiger partial charge in [0, 0.05) is 19.5 Å². The van der Waals surface area contributed by atoms with Crippen molar-refractivity contribution in [2.45, 2.75) is 26.8 Å². The van der Waals surface area contributed by atoms with Crippen LogP contribution in [0.2, 0.25) is 5.02 Å². The summed E-state index contributed by atoms with van der Waals surface area (Å²) >= 11 is 5.95. The van der Waals surface area contributed by atoms with Crippen molar-refractivity contribution in [1.29, 1.82) is 0 Å². The highest BCUT2D eigenvalue weighted by Gasteiger charge is 2.10. The van der Waals surface area contributed by atoms with Crippen molar-refractivity contribution in [2.75, 3.05) is 11.9 Å². The van der Waals surface area contributed by atoms with Gasteiger partial charge in [-0.3, -0.25) is 9.59 Å². The van der Waals surface area contributed by atoms with Crippen LogP contribution >= 0.6 is 11.6 Å². The molecule has 1 amide bonds. The summed E-state index contributed by atoms with van der Waals surface area (Å²) < 4.78 is 1.33. The Kier molecular flexibility index (Phi) is 5.15. The van der Waals surface area contributed by atoms with E-state index in [2.05, 4.69) is 10.4 Å². The van der Waals surface area contributed by atoms with Crippen LogP contribution in [0, 0.1) is 5.92 Å². The Morgan fingerprint density at radius 1 is 1.61 bits per heavy atom. The first-order chi connectivity index (χ1) is 8.41. The Morgan fingerprint density at radius 2 is 2.28 bits per heavy atom. The van der Waals surface area contributed by atoms with Gasteiger partial charge in [0.05, 0.1) is 11.9 Å². The minimum absolute atomic E-state index is 0.0788. The molecule has 0 aliphatic heterocycles. The molecular weight excluding hydrogens is 256 g/mol. The van der Waals surface area contributed by atoms with Gasteiger partial charge < -0.3 is 11.1 Å². The van der Waals surface area contributed by atoms with Gasteiger partial charge in [-0.25, -0.2) is 4.68 Å². The molecule has 18 heavy (non-hydrogen) atoms. The predicted octanol–water partition coefficient (Wildman–Crippen LogP) is 0.840. The maximum atomic E-state index is 11.9. The molecule has 3 N–H and O–H groups in total. The molecule has 0 saturated carbocycles. The average molecular weight is 273 g/mol. The Morgan fingerprint density at radius 3 is 2.83 bits per heavy atom. The first-order valence-corrected chi connectivity index (χ1v) is 6.07. The summed E-state index contributed by atoms with van der Waals surface area (Å²) in [6.07, 6.45) is 1.65. The van der Waals surface area contributed by atoms with Gasteiger partial charge in [-0.15, -0.1) is 0 Å². The number of hydrogen-bond donors (Lipinski definition) is 2. The normalized spacial score (nSPS) is 10.7. The Labute approximate surface area is 110 Å². The number of nitrogens with two attached hydrogens (primary N) is 1. The van der Waals surface area contributed by atoms with Gasteiger partial charge in [-0.1, -0.05) is 25.4 Å². The van der Waals surface area contributed by atoms with E-state index < -0.39 is 5.91 Å². The number of primary amides is 1. The molecule has 1 aromatic rings. The first kappa shape index (κ1) is 14.5. The van der Waals surface area contributed by atoms with Gasteiger partial charge in [0.25, 0.3) is 5.56 Å². The molecule has 0 saturated heterocycles. The number of carbonyl (C=O) groups is 1. The third kappa shape index (κ3) is 4.03. The second kappa shape index (κ2) is 6.39. The van der Waals surface area contributed by atoms with Crippen molar-refractivity contribution in [3.8, 4) is 0 Å². The maximum absolute atomic E-state index is 11.9. The summed E-state index contributed by atoms with van der Waals surface area (Å²) in [5.74, 6) is -0.111. The van der Waals surface area contributed by atoms with Crippen LogP contribution in [0.5, 0.6) is 0 Å². The monoisotopic (exact) mass is 272 g/mol. The van der Waals surface area contributed by atoms with E-state index in [1.54, 1.807) is 0 Å². The molecule has 0 aliphatic rings. The summed E-state index contributed by atoms with van der Waals surface area (Å²) in [6, 6.07) is 0. The van der Waals surface area contributed by atoms with Crippen molar-refractivity contribution in [2.24, 2.45) is 11.7 Å². The smallest absolute Gasteiger partial charge is 0.287 e. The lowest BCUT2D eigenvalue weighted by Gasteiger charge is -2.11. The van der Waals surface area contributed by atoms with E-state index in [1.807, 2.05) is 13.8 Å². The number of amides is 1. The molecule has 0 spiro atoms. The third-order valence-electron chi connectivity index (χ3n) is 2.21. The lowest BCUT2D eigenvalue weighted by Crippen LogP contribution is -2.26. The van der Waals surface area contributed by atoms with E-state index in [0.29, 0.717) is 24.7 Å². The number of hydrogen-bond acceptors (Lipinski definition) is 4. The highest BCUT2D eigenvalue weighted by Crippen LogP contribution is 2.15. The van der Waals surface area contributed by atoms with Crippen LogP contribution in [-0.2, 0) is 11.3 Å². The number of carbonyl (C=O) groups excluding carboxylic acids is 1. The zero-order valence-corrected chi connectivity index (χ0v) is 11.2. The molecule has 0 atom stereocenters. The lowest BCUT2D eigenvalue weighted by molar-refractivity contribution is -0.117. The van der Waals surface area contributed by atoms with Gasteiger partial charge in [0.2, 0.25) is 5.91 Å². The van der Waals surface area contributed by atoms with E-state index in [1.165, 1.54) is 10.9 Å². The summed E-state index contributed by atoms with van der Waals surface area (Å²) in [6.45, 7) is 4.81. The number of anilines is 1. The van der Waals surface area contributed by atoms with E-state index >= 15 is 0 Å². The van der Waals surface area contributed by atoms with Crippen molar-refractivity contribution in [3.05, 3.63) is 21.6 Å². The molecule has 0 aromatic carbocycles. The Balaban J connectivity index is 2.81. The van der Waals surface area contributed by atoms with Crippen molar-refractivity contribution < 1.29 is 4.79 Å². The number of aromatic nitrogens is 2. The molecule has 6 nitrogen and oxygen atoms in total. The van der Waals surface area contributed by atoms with E-state index in [9.17, 15) is 9.59 Å². The molecule has 1 aromatic heterocycles. The standard InChI is InChI=1S/C11H17ClN4O2/c1-7(2)6-16-11(18)10(12)8(5-15-16)14-4-3-9(13)17/h5,7,14H,3-4,6H2,1-2H3,(H2,13,17). The van der Waals surface area contributed by atoms with Gasteiger partial charge in [-0.2, -0.15) is 5.10 Å². The van der Waals surface area contributed by atoms with Gasteiger partial charge >= 0.3 is 0 Å². The summed E-state index contributed by atoms with van der Waals surface area (Å²) in [5, 5.41) is 6.95. The molecule has 100 valence electrons. The highest BCUT2D eigenvalue weighted by atomic mass is 35.5. The topological polar surface area (TPSA) is 90.0 Å². The predicted molar refractivity (Wildman–Crippen MR) is 70.6 cm³/mol. The molecule has 0 fully saturated rings. The molecular formula is C11H17ClN4O2. The second-order valence-corrected chi connectivity index (χ2v) is 4.77. The van der Waals surface area contributed by atoms with Crippen LogP contribution in [0.4, 0.5) is 5.69 Å². The van der Waals surface area contributed by atoms with Gasteiger partial charge in [0.1, 0.15) is 5.02 Å². The molecule has 1 rings (SSSR count). The van der Waals surface area contributed by atoms with Gasteiger partial charge in [-0.05, 0) is 5.92 Å². The number of nitrogens with one attached hydrogen (secondary N) is 1. The molecule has 7 heteroatoms. The second-order valence-electron chi connectivity index (χ2n) is 4.40. The summed E-state index contributed by atoms with van der Waals surface area (Å²) in [4.78, 5) is 22.4. The molecule has 0 unspecified atom stereocenters. The highest BCUT2D eigenvalue weighted by molar-refractivity contribution is 6.32. The minimum Gasteiger partial charge on any atom is -0.382 e. The summed E-state index contributed by atoms with van der Waals surface area (Å²) in [7, 11) is 0. The van der Waals surface area contributed by atoms with Crippen molar-refractivity contribution in [1.82, 2.24) is 9.78 Å². The zero-order chi connectivity index (χ0) is 13.7. The SMILES string of the molecule is CC(C)Cn1ncc(NCCC(N)=O)c(Cl)c1=O. The molecule has 0 radical (unpaired) electrons. The quantitative estimate of drug-likeness (QED) is 0.803. The maximum Gasteiger partial charge on any atom is 0.287 e. The van der Waals surface area contributed by atoms with Crippen LogP contribution < -0.4 is 16.6 Å².